The number of carbonyl (C=O) groups excluding carboxylic acids is 2. The first-order chi connectivity index (χ1) is 15.1. The third kappa shape index (κ3) is 4.28. The highest BCUT2D eigenvalue weighted by Gasteiger charge is 2.19. The van der Waals surface area contributed by atoms with Gasteiger partial charge in [0.05, 0.1) is 11.9 Å². The highest BCUT2D eigenvalue weighted by Crippen LogP contribution is 2.18. The summed E-state index contributed by atoms with van der Waals surface area (Å²) in [4.78, 5) is 37.6. The highest BCUT2D eigenvalue weighted by atomic mass is 16.5. The van der Waals surface area contributed by atoms with Crippen LogP contribution in [0, 0.1) is 0 Å². The Morgan fingerprint density at radius 1 is 0.871 bits per heavy atom. The summed E-state index contributed by atoms with van der Waals surface area (Å²) in [5.74, 6) is -0.365. The number of aromatic nitrogens is 2. The quantitative estimate of drug-likeness (QED) is 0.269. The average Bonchev–Trinajstić information content (AvgIpc) is 2.81. The van der Waals surface area contributed by atoms with E-state index in [2.05, 4.69) is 5.10 Å². The topological polar surface area (TPSA) is 78.3 Å². The van der Waals surface area contributed by atoms with Gasteiger partial charge < -0.3 is 4.74 Å². The molecule has 0 radical (unpaired) electrons. The summed E-state index contributed by atoms with van der Waals surface area (Å²) in [6.45, 7) is 2.02. The fraction of sp³-hybridized carbons (Fsp3) is 0.120. The summed E-state index contributed by atoms with van der Waals surface area (Å²) >= 11 is 0. The lowest BCUT2D eigenvalue weighted by Crippen LogP contribution is -2.27. The molecule has 154 valence electrons. The Labute approximate surface area is 178 Å². The van der Waals surface area contributed by atoms with Crippen molar-refractivity contribution in [1.29, 1.82) is 0 Å². The van der Waals surface area contributed by atoms with Crippen LogP contribution in [0.1, 0.15) is 39.8 Å². The molecule has 0 aliphatic rings. The van der Waals surface area contributed by atoms with E-state index in [-0.39, 0.29) is 23.6 Å². The molecule has 6 heteroatoms. The number of rotatable bonds is 6. The highest BCUT2D eigenvalue weighted by molar-refractivity contribution is 6.03. The molecule has 0 N–H and O–H groups in total. The Morgan fingerprint density at radius 3 is 2.19 bits per heavy atom. The maximum absolute atomic E-state index is 13.0. The van der Waals surface area contributed by atoms with Gasteiger partial charge in [-0.3, -0.25) is 9.59 Å². The van der Waals surface area contributed by atoms with Gasteiger partial charge in [0.2, 0.25) is 0 Å². The first kappa shape index (κ1) is 20.2. The molecule has 0 spiro atoms. The van der Waals surface area contributed by atoms with Crippen LogP contribution in [0.15, 0.2) is 83.7 Å². The van der Waals surface area contributed by atoms with Crippen molar-refractivity contribution in [3.63, 3.8) is 0 Å². The number of nitrogens with zero attached hydrogens (tertiary/aromatic N) is 2. The minimum Gasteiger partial charge on any atom is -0.422 e. The number of Topliss-reactive ketones (excluding diaryl/α,β-unsaturated/α-hetero) is 1. The van der Waals surface area contributed by atoms with Crippen LogP contribution >= 0.6 is 0 Å². The van der Waals surface area contributed by atoms with Gasteiger partial charge >= 0.3 is 5.97 Å². The standard InChI is InChI=1S/C25H20N2O4/c1-2-22(28)18-12-14-19(15-13-18)31-25(30)23-20-10-6-7-11-21(20)24(29)27(26-23)16-17-8-4-3-5-9-17/h3-15H,2,16H2,1H3. The summed E-state index contributed by atoms with van der Waals surface area (Å²) in [6, 6.07) is 22.6. The van der Waals surface area contributed by atoms with Gasteiger partial charge in [-0.15, -0.1) is 0 Å². The molecule has 4 rings (SSSR count). The Bertz CT molecular complexity index is 1310. The van der Waals surface area contributed by atoms with Gasteiger partial charge in [0.1, 0.15) is 5.75 Å². The normalized spacial score (nSPS) is 10.7. The molecule has 0 aliphatic carbocycles. The molecule has 4 aromatic rings. The lowest BCUT2D eigenvalue weighted by atomic mass is 10.1. The summed E-state index contributed by atoms with van der Waals surface area (Å²) in [5, 5.41) is 5.15. The fourth-order valence-electron chi connectivity index (χ4n) is 3.32. The van der Waals surface area contributed by atoms with E-state index in [4.69, 9.17) is 4.74 Å². The minimum absolute atomic E-state index is 0.0125. The fourth-order valence-corrected chi connectivity index (χ4v) is 3.32. The monoisotopic (exact) mass is 412 g/mol. The van der Waals surface area contributed by atoms with E-state index in [1.165, 1.54) is 4.68 Å². The van der Waals surface area contributed by atoms with Crippen molar-refractivity contribution < 1.29 is 14.3 Å². The first-order valence-electron chi connectivity index (χ1n) is 9.96. The van der Waals surface area contributed by atoms with Crippen LogP contribution in [0.2, 0.25) is 0 Å². The second-order valence-electron chi connectivity index (χ2n) is 7.03. The molecule has 0 aliphatic heterocycles. The van der Waals surface area contributed by atoms with E-state index in [0.29, 0.717) is 28.5 Å². The van der Waals surface area contributed by atoms with Gasteiger partial charge in [0, 0.05) is 17.4 Å². The molecule has 0 bridgehead atoms. The Morgan fingerprint density at radius 2 is 1.52 bits per heavy atom. The van der Waals surface area contributed by atoms with Crippen molar-refractivity contribution in [2.45, 2.75) is 19.9 Å². The Balaban J connectivity index is 1.70. The number of ketones is 1. The molecular weight excluding hydrogens is 392 g/mol. The van der Waals surface area contributed by atoms with Gasteiger partial charge in [-0.2, -0.15) is 5.10 Å². The van der Waals surface area contributed by atoms with Crippen molar-refractivity contribution in [1.82, 2.24) is 9.78 Å². The SMILES string of the molecule is CCC(=O)c1ccc(OC(=O)c2nn(Cc3ccccc3)c(=O)c3ccccc23)cc1. The summed E-state index contributed by atoms with van der Waals surface area (Å²) in [6.07, 6.45) is 0.401. The van der Waals surface area contributed by atoms with Gasteiger partial charge in [-0.05, 0) is 35.9 Å². The molecule has 0 unspecified atom stereocenters. The molecule has 0 saturated carbocycles. The number of benzene rings is 3. The van der Waals surface area contributed by atoms with Gasteiger partial charge in [0.15, 0.2) is 11.5 Å². The Kier molecular flexibility index (Phi) is 5.71. The zero-order valence-electron chi connectivity index (χ0n) is 16.9. The maximum Gasteiger partial charge on any atom is 0.364 e. The summed E-state index contributed by atoms with van der Waals surface area (Å²) in [5.41, 5.74) is 1.23. The number of hydrogen-bond acceptors (Lipinski definition) is 5. The van der Waals surface area contributed by atoms with E-state index in [1.54, 1.807) is 55.5 Å². The summed E-state index contributed by atoms with van der Waals surface area (Å²) in [7, 11) is 0. The van der Waals surface area contributed by atoms with E-state index in [0.717, 1.165) is 5.56 Å². The molecule has 3 aromatic carbocycles. The van der Waals surface area contributed by atoms with Crippen molar-refractivity contribution in [2.24, 2.45) is 0 Å². The van der Waals surface area contributed by atoms with E-state index in [1.807, 2.05) is 30.3 Å². The summed E-state index contributed by atoms with van der Waals surface area (Å²) < 4.78 is 6.77. The number of esters is 1. The third-order valence-electron chi connectivity index (χ3n) is 4.94. The van der Waals surface area contributed by atoms with Gasteiger partial charge in [0.25, 0.3) is 5.56 Å². The molecular formula is C25H20N2O4. The number of fused-ring (bicyclic) bond motifs is 1. The smallest absolute Gasteiger partial charge is 0.364 e. The number of carbonyl (C=O) groups is 2. The van der Waals surface area contributed by atoms with E-state index < -0.39 is 5.97 Å². The predicted octanol–water partition coefficient (Wildman–Crippen LogP) is 4.26. The third-order valence-corrected chi connectivity index (χ3v) is 4.94. The lowest BCUT2D eigenvalue weighted by molar-refractivity contribution is 0.0728. The van der Waals surface area contributed by atoms with Crippen LogP contribution in [0.3, 0.4) is 0 Å². The van der Waals surface area contributed by atoms with E-state index in [9.17, 15) is 14.4 Å². The molecule has 6 nitrogen and oxygen atoms in total. The average molecular weight is 412 g/mol. The lowest BCUT2D eigenvalue weighted by Gasteiger charge is -2.11. The molecule has 0 fully saturated rings. The van der Waals surface area contributed by atoms with Crippen LogP contribution in [0.25, 0.3) is 10.8 Å². The van der Waals surface area contributed by atoms with Gasteiger partial charge in [-0.25, -0.2) is 9.48 Å². The van der Waals surface area contributed by atoms with E-state index >= 15 is 0 Å². The minimum atomic E-state index is -0.674. The van der Waals surface area contributed by atoms with Crippen molar-refractivity contribution in [2.75, 3.05) is 0 Å². The largest absolute Gasteiger partial charge is 0.422 e. The molecule has 1 heterocycles. The molecule has 0 saturated heterocycles. The van der Waals surface area contributed by atoms with Crippen LogP contribution in [0.4, 0.5) is 0 Å². The second kappa shape index (κ2) is 8.75. The van der Waals surface area contributed by atoms with Crippen molar-refractivity contribution in [3.8, 4) is 5.75 Å². The first-order valence-corrected chi connectivity index (χ1v) is 9.96. The van der Waals surface area contributed by atoms with Crippen molar-refractivity contribution in [3.05, 3.63) is 106 Å². The number of hydrogen-bond donors (Lipinski definition) is 0. The number of ether oxygens (including phenoxy) is 1. The molecule has 31 heavy (non-hydrogen) atoms. The Hall–Kier alpha value is -4.06. The van der Waals surface area contributed by atoms with Crippen LogP contribution in [-0.2, 0) is 6.54 Å². The van der Waals surface area contributed by atoms with Gasteiger partial charge in [-0.1, -0.05) is 55.5 Å². The molecule has 0 atom stereocenters. The second-order valence-corrected chi connectivity index (χ2v) is 7.03. The van der Waals surface area contributed by atoms with Crippen LogP contribution in [0.5, 0.6) is 5.75 Å². The molecule has 0 amide bonds. The maximum atomic E-state index is 13.0. The zero-order chi connectivity index (χ0) is 21.8. The zero-order valence-corrected chi connectivity index (χ0v) is 16.9. The predicted molar refractivity (Wildman–Crippen MR) is 118 cm³/mol. The van der Waals surface area contributed by atoms with Crippen molar-refractivity contribution >= 4 is 22.5 Å². The van der Waals surface area contributed by atoms with Crippen LogP contribution in [-0.4, -0.2) is 21.5 Å². The van der Waals surface area contributed by atoms with Crippen LogP contribution < -0.4 is 10.3 Å². The molecule has 1 aromatic heterocycles.